The molecule has 1 heterocycles. The van der Waals surface area contributed by atoms with E-state index in [9.17, 15) is 0 Å². The minimum absolute atomic E-state index is 0.930. The Morgan fingerprint density at radius 1 is 0.725 bits per heavy atom. The van der Waals surface area contributed by atoms with Gasteiger partial charge < -0.3 is 0 Å². The SMILES string of the molecule is C=C/C=c1/nc2c(ccc3ccccc32)c(/C(C)=C/C=C\C(=C)c2c3ccccc3cc3ccccc23)/c1=C/C. The molecule has 5 aromatic carbocycles. The largest absolute Gasteiger partial charge is 0.247 e. The highest BCUT2D eigenvalue weighted by Crippen LogP contribution is 2.33. The number of aromatic nitrogens is 1. The summed E-state index contributed by atoms with van der Waals surface area (Å²) in [5.74, 6) is 0. The molecule has 0 N–H and O–H groups in total. The molecule has 0 radical (unpaired) electrons. The third-order valence-electron chi connectivity index (χ3n) is 7.64. The Hall–Kier alpha value is -5.01. The smallest absolute Gasteiger partial charge is 0.0794 e. The molecule has 0 fully saturated rings. The van der Waals surface area contributed by atoms with Crippen molar-refractivity contribution in [1.82, 2.24) is 4.98 Å². The van der Waals surface area contributed by atoms with Crippen molar-refractivity contribution in [2.45, 2.75) is 13.8 Å². The summed E-state index contributed by atoms with van der Waals surface area (Å²) in [4.78, 5) is 5.10. The van der Waals surface area contributed by atoms with Crippen molar-refractivity contribution in [2.75, 3.05) is 0 Å². The van der Waals surface area contributed by atoms with Gasteiger partial charge in [-0.2, -0.15) is 0 Å². The maximum Gasteiger partial charge on any atom is 0.0794 e. The van der Waals surface area contributed by atoms with Crippen LogP contribution in [0.5, 0.6) is 0 Å². The average molecular weight is 514 g/mol. The van der Waals surface area contributed by atoms with E-state index in [0.29, 0.717) is 0 Å². The molecule has 6 rings (SSSR count). The highest BCUT2D eigenvalue weighted by Gasteiger charge is 2.11. The Labute approximate surface area is 235 Å². The lowest BCUT2D eigenvalue weighted by Crippen LogP contribution is -2.31. The molecule has 1 aromatic heterocycles. The highest BCUT2D eigenvalue weighted by molar-refractivity contribution is 6.10. The van der Waals surface area contributed by atoms with Crippen LogP contribution in [0.25, 0.3) is 66.5 Å². The predicted octanol–water partition coefficient (Wildman–Crippen LogP) is 9.13. The second-order valence-corrected chi connectivity index (χ2v) is 10.1. The minimum Gasteiger partial charge on any atom is -0.247 e. The summed E-state index contributed by atoms with van der Waals surface area (Å²) in [6.07, 6.45) is 12.4. The van der Waals surface area contributed by atoms with E-state index < -0.39 is 0 Å². The molecule has 0 amide bonds. The summed E-state index contributed by atoms with van der Waals surface area (Å²) in [7, 11) is 0. The highest BCUT2D eigenvalue weighted by atomic mass is 14.7. The van der Waals surface area contributed by atoms with Crippen LogP contribution in [0.2, 0.25) is 0 Å². The zero-order valence-corrected chi connectivity index (χ0v) is 23.0. The molecule has 0 saturated carbocycles. The molecule has 192 valence electrons. The van der Waals surface area contributed by atoms with Crippen molar-refractivity contribution in [3.63, 3.8) is 0 Å². The third-order valence-corrected chi connectivity index (χ3v) is 7.64. The van der Waals surface area contributed by atoms with Crippen molar-refractivity contribution in [3.05, 3.63) is 150 Å². The van der Waals surface area contributed by atoms with Crippen LogP contribution in [0.1, 0.15) is 25.0 Å². The van der Waals surface area contributed by atoms with E-state index in [1.54, 1.807) is 0 Å². The summed E-state index contributed by atoms with van der Waals surface area (Å²) in [5.41, 5.74) is 5.54. The van der Waals surface area contributed by atoms with Gasteiger partial charge in [-0.25, -0.2) is 4.98 Å². The molecule has 40 heavy (non-hydrogen) atoms. The van der Waals surface area contributed by atoms with Crippen molar-refractivity contribution in [3.8, 4) is 0 Å². The molecular weight excluding hydrogens is 482 g/mol. The number of pyridine rings is 1. The standard InChI is InChI=1S/C39H31N/c1-5-14-36-31(6-2)37(35-24-23-28-17-7-12-22-34(28)39(35)40-36)26(3)15-13-16-27(4)38-32-20-10-8-18-29(32)25-30-19-9-11-21-33(30)38/h5-25H,1,4H2,2-3H3/b16-13-,26-15+,31-6+,36-14+. The van der Waals surface area contributed by atoms with Crippen LogP contribution in [0.15, 0.2) is 128 Å². The zero-order chi connectivity index (χ0) is 27.6. The average Bonchev–Trinajstić information content (AvgIpc) is 2.99. The molecule has 6 aromatic rings. The number of fused-ring (bicyclic) bond motifs is 5. The third kappa shape index (κ3) is 4.36. The van der Waals surface area contributed by atoms with Gasteiger partial charge in [0.1, 0.15) is 0 Å². The van der Waals surface area contributed by atoms with E-state index >= 15 is 0 Å². The Kier molecular flexibility index (Phi) is 6.72. The second kappa shape index (κ2) is 10.6. The van der Waals surface area contributed by atoms with Crippen LogP contribution in [0, 0.1) is 0 Å². The molecule has 0 unspecified atom stereocenters. The Balaban J connectivity index is 1.51. The Morgan fingerprint density at radius 3 is 2.00 bits per heavy atom. The van der Waals surface area contributed by atoms with Crippen LogP contribution in [-0.2, 0) is 0 Å². The molecule has 0 aliphatic rings. The Bertz CT molecular complexity index is 2100. The van der Waals surface area contributed by atoms with Gasteiger partial charge in [0.2, 0.25) is 0 Å². The van der Waals surface area contributed by atoms with Gasteiger partial charge in [-0.05, 0) is 75.2 Å². The van der Waals surface area contributed by atoms with Crippen molar-refractivity contribution in [2.24, 2.45) is 0 Å². The summed E-state index contributed by atoms with van der Waals surface area (Å²) >= 11 is 0. The van der Waals surface area contributed by atoms with Gasteiger partial charge in [0.15, 0.2) is 0 Å². The number of benzene rings is 5. The monoisotopic (exact) mass is 513 g/mol. The molecule has 0 aliphatic heterocycles. The van der Waals surface area contributed by atoms with Crippen molar-refractivity contribution >= 4 is 66.5 Å². The Morgan fingerprint density at radius 2 is 1.35 bits per heavy atom. The second-order valence-electron chi connectivity index (χ2n) is 10.1. The van der Waals surface area contributed by atoms with E-state index in [-0.39, 0.29) is 0 Å². The van der Waals surface area contributed by atoms with Gasteiger partial charge in [0.05, 0.1) is 10.9 Å². The lowest BCUT2D eigenvalue weighted by molar-refractivity contribution is 1.28. The van der Waals surface area contributed by atoms with E-state index in [1.807, 2.05) is 12.2 Å². The summed E-state index contributed by atoms with van der Waals surface area (Å²) in [6.45, 7) is 12.7. The van der Waals surface area contributed by atoms with E-state index in [1.165, 1.54) is 43.6 Å². The van der Waals surface area contributed by atoms with Gasteiger partial charge >= 0.3 is 0 Å². The fourth-order valence-corrected chi connectivity index (χ4v) is 5.82. The van der Waals surface area contributed by atoms with Crippen molar-refractivity contribution < 1.29 is 0 Å². The quantitative estimate of drug-likeness (QED) is 0.127. The number of hydrogen-bond acceptors (Lipinski definition) is 1. The molecule has 1 heteroatoms. The molecular formula is C39H31N. The first-order chi connectivity index (χ1) is 19.6. The summed E-state index contributed by atoms with van der Waals surface area (Å²) in [5, 5.41) is 10.4. The normalized spacial score (nSPS) is 13.3. The van der Waals surface area contributed by atoms with Gasteiger partial charge in [0.25, 0.3) is 0 Å². The fraction of sp³-hybridized carbons (Fsp3) is 0.0513. The minimum atomic E-state index is 0.930. The lowest BCUT2D eigenvalue weighted by Gasteiger charge is -2.12. The van der Waals surface area contributed by atoms with E-state index in [0.717, 1.165) is 32.4 Å². The first-order valence-electron chi connectivity index (χ1n) is 13.7. The molecule has 0 saturated heterocycles. The molecule has 1 nitrogen and oxygen atoms in total. The summed E-state index contributed by atoms with van der Waals surface area (Å²) < 4.78 is 0. The van der Waals surface area contributed by atoms with Crippen LogP contribution in [0.4, 0.5) is 0 Å². The number of allylic oxidation sites excluding steroid dienone is 6. The maximum absolute atomic E-state index is 5.10. The van der Waals surface area contributed by atoms with Gasteiger partial charge in [-0.3, -0.25) is 0 Å². The first-order valence-corrected chi connectivity index (χ1v) is 13.7. The zero-order valence-electron chi connectivity index (χ0n) is 23.0. The van der Waals surface area contributed by atoms with Crippen LogP contribution in [-0.4, -0.2) is 4.98 Å². The fourth-order valence-electron chi connectivity index (χ4n) is 5.82. The molecule has 0 atom stereocenters. The molecule has 0 bridgehead atoms. The van der Waals surface area contributed by atoms with Gasteiger partial charge in [0, 0.05) is 16.0 Å². The van der Waals surface area contributed by atoms with Crippen LogP contribution < -0.4 is 10.6 Å². The topological polar surface area (TPSA) is 12.9 Å². The first kappa shape index (κ1) is 25.3. The number of hydrogen-bond donors (Lipinski definition) is 0. The lowest BCUT2D eigenvalue weighted by atomic mass is 9.92. The van der Waals surface area contributed by atoms with Crippen molar-refractivity contribution in [1.29, 1.82) is 0 Å². The number of nitrogens with zero attached hydrogens (tertiary/aromatic N) is 1. The molecule has 0 spiro atoms. The van der Waals surface area contributed by atoms with E-state index in [4.69, 9.17) is 4.98 Å². The van der Waals surface area contributed by atoms with E-state index in [2.05, 4.69) is 142 Å². The predicted molar refractivity (Wildman–Crippen MR) is 177 cm³/mol. The van der Waals surface area contributed by atoms with Gasteiger partial charge in [-0.1, -0.05) is 128 Å². The van der Waals surface area contributed by atoms with Gasteiger partial charge in [-0.15, -0.1) is 0 Å². The number of rotatable bonds is 5. The molecule has 0 aliphatic carbocycles. The summed E-state index contributed by atoms with van der Waals surface area (Å²) in [6, 6.07) is 32.2. The maximum atomic E-state index is 5.10. The van der Waals surface area contributed by atoms with Crippen LogP contribution in [0.3, 0.4) is 0 Å². The van der Waals surface area contributed by atoms with Crippen LogP contribution >= 0.6 is 0 Å².